The van der Waals surface area contributed by atoms with Crippen LogP contribution < -0.4 is 31.6 Å². The Morgan fingerprint density at radius 3 is 2.66 bits per heavy atom. The maximum Gasteiger partial charge on any atom is 0.343 e. The minimum absolute atomic E-state index is 0.0260. The van der Waals surface area contributed by atoms with Crippen LogP contribution in [0.5, 0.6) is 11.5 Å². The molecular formula is C24H20N8O3. The van der Waals surface area contributed by atoms with E-state index >= 15 is 0 Å². The molecule has 1 atom stereocenters. The van der Waals surface area contributed by atoms with Gasteiger partial charge in [-0.3, -0.25) is 5.32 Å². The number of rotatable bonds is 4. The van der Waals surface area contributed by atoms with Gasteiger partial charge in [-0.2, -0.15) is 10.5 Å². The van der Waals surface area contributed by atoms with Crippen LogP contribution in [0.3, 0.4) is 0 Å². The SMILES string of the molecule is COc1cc(C2N=C(NC#N)Nc3nc(N)c(C#N)c(N)c32)ccc1OC(=O)c1cccc(C)c1. The van der Waals surface area contributed by atoms with Gasteiger partial charge in [-0.15, -0.1) is 0 Å². The molecule has 1 unspecified atom stereocenters. The predicted octanol–water partition coefficient (Wildman–Crippen LogP) is 2.60. The van der Waals surface area contributed by atoms with Crippen molar-refractivity contribution in [3.63, 3.8) is 0 Å². The average Bonchev–Trinajstić information content (AvgIpc) is 2.84. The quantitative estimate of drug-likeness (QED) is 0.192. The molecule has 1 aromatic heterocycles. The van der Waals surface area contributed by atoms with Crippen molar-refractivity contribution >= 4 is 29.3 Å². The first-order valence-electron chi connectivity index (χ1n) is 10.3. The lowest BCUT2D eigenvalue weighted by Crippen LogP contribution is -2.32. The van der Waals surface area contributed by atoms with Crippen molar-refractivity contribution in [2.75, 3.05) is 23.9 Å². The number of nitriles is 2. The molecule has 0 saturated heterocycles. The van der Waals surface area contributed by atoms with Gasteiger partial charge in [0.2, 0.25) is 5.96 Å². The molecule has 0 amide bonds. The van der Waals surface area contributed by atoms with E-state index in [-0.39, 0.29) is 40.3 Å². The fraction of sp³-hybridized carbons (Fsp3) is 0.125. The zero-order valence-corrected chi connectivity index (χ0v) is 18.8. The third-order valence-corrected chi connectivity index (χ3v) is 5.32. The molecule has 0 radical (unpaired) electrons. The Labute approximate surface area is 200 Å². The number of nitrogens with two attached hydrogens (primary N) is 2. The van der Waals surface area contributed by atoms with Crippen LogP contribution in [-0.4, -0.2) is 24.0 Å². The summed E-state index contributed by atoms with van der Waals surface area (Å²) < 4.78 is 11.0. The monoisotopic (exact) mass is 468 g/mol. The van der Waals surface area contributed by atoms with E-state index in [1.807, 2.05) is 19.1 Å². The van der Waals surface area contributed by atoms with Crippen LogP contribution in [0.2, 0.25) is 0 Å². The molecule has 3 aromatic rings. The number of carbonyl (C=O) groups is 1. The van der Waals surface area contributed by atoms with Gasteiger partial charge in [-0.25, -0.2) is 14.8 Å². The highest BCUT2D eigenvalue weighted by Crippen LogP contribution is 2.42. The lowest BCUT2D eigenvalue weighted by molar-refractivity contribution is 0.0729. The van der Waals surface area contributed by atoms with Crippen molar-refractivity contribution in [3.05, 3.63) is 70.3 Å². The number of pyridine rings is 1. The Bertz CT molecular complexity index is 1450. The van der Waals surface area contributed by atoms with E-state index in [0.717, 1.165) is 5.56 Å². The molecule has 2 heterocycles. The number of aliphatic imine (C=N–C) groups is 1. The Kier molecular flexibility index (Phi) is 6.08. The number of methoxy groups -OCH3 is 1. The normalized spacial score (nSPS) is 13.8. The largest absolute Gasteiger partial charge is 0.493 e. The molecule has 0 bridgehead atoms. The van der Waals surface area contributed by atoms with Crippen molar-refractivity contribution in [3.8, 4) is 23.8 Å². The van der Waals surface area contributed by atoms with E-state index in [0.29, 0.717) is 16.7 Å². The molecule has 0 spiro atoms. The first-order chi connectivity index (χ1) is 16.9. The molecule has 174 valence electrons. The van der Waals surface area contributed by atoms with Gasteiger partial charge in [0.25, 0.3) is 0 Å². The second-order valence-corrected chi connectivity index (χ2v) is 7.57. The minimum Gasteiger partial charge on any atom is -0.493 e. The van der Waals surface area contributed by atoms with Gasteiger partial charge in [0.15, 0.2) is 17.7 Å². The van der Waals surface area contributed by atoms with E-state index < -0.39 is 12.0 Å². The molecule has 0 saturated carbocycles. The molecule has 1 aliphatic heterocycles. The van der Waals surface area contributed by atoms with Gasteiger partial charge in [-0.05, 0) is 36.8 Å². The van der Waals surface area contributed by atoms with Crippen molar-refractivity contribution in [2.24, 2.45) is 4.99 Å². The number of benzene rings is 2. The Morgan fingerprint density at radius 1 is 1.17 bits per heavy atom. The van der Waals surface area contributed by atoms with Crippen molar-refractivity contribution in [2.45, 2.75) is 13.0 Å². The highest BCUT2D eigenvalue weighted by Gasteiger charge is 2.30. The Morgan fingerprint density at radius 2 is 1.97 bits per heavy atom. The van der Waals surface area contributed by atoms with Crippen LogP contribution in [0.1, 0.15) is 38.7 Å². The lowest BCUT2D eigenvalue weighted by atomic mass is 9.95. The number of aromatic nitrogens is 1. The predicted molar refractivity (Wildman–Crippen MR) is 129 cm³/mol. The number of nitrogen functional groups attached to an aromatic ring is 2. The maximum atomic E-state index is 12.6. The fourth-order valence-corrected chi connectivity index (χ4v) is 3.69. The summed E-state index contributed by atoms with van der Waals surface area (Å²) >= 11 is 0. The molecule has 4 rings (SSSR count). The first-order valence-corrected chi connectivity index (χ1v) is 10.3. The van der Waals surface area contributed by atoms with E-state index in [1.54, 1.807) is 42.6 Å². The van der Waals surface area contributed by atoms with Crippen molar-refractivity contribution in [1.29, 1.82) is 10.5 Å². The molecule has 1 aliphatic rings. The Balaban J connectivity index is 1.76. The van der Waals surface area contributed by atoms with Gasteiger partial charge in [-0.1, -0.05) is 23.8 Å². The van der Waals surface area contributed by atoms with E-state index in [9.17, 15) is 10.1 Å². The molecule has 2 aromatic carbocycles. The van der Waals surface area contributed by atoms with Crippen LogP contribution in [0.4, 0.5) is 17.3 Å². The summed E-state index contributed by atoms with van der Waals surface area (Å²) in [6, 6.07) is 13.1. The summed E-state index contributed by atoms with van der Waals surface area (Å²) in [7, 11) is 1.44. The molecule has 6 N–H and O–H groups in total. The zero-order valence-electron chi connectivity index (χ0n) is 18.8. The summed E-state index contributed by atoms with van der Waals surface area (Å²) in [6.45, 7) is 1.88. The highest BCUT2D eigenvalue weighted by atomic mass is 16.6. The molecule has 11 nitrogen and oxygen atoms in total. The zero-order chi connectivity index (χ0) is 25.1. The molecule has 11 heteroatoms. The molecule has 35 heavy (non-hydrogen) atoms. The minimum atomic E-state index is -0.766. The Hall–Kier alpha value is -5.29. The number of nitrogens with zero attached hydrogens (tertiary/aromatic N) is 4. The lowest BCUT2D eigenvalue weighted by Gasteiger charge is -2.26. The first kappa shape index (κ1) is 22.9. The number of anilines is 3. The van der Waals surface area contributed by atoms with Gasteiger partial charge in [0.1, 0.15) is 29.3 Å². The summed E-state index contributed by atoms with van der Waals surface area (Å²) in [4.78, 5) is 21.4. The number of aryl methyl sites for hydroxylation is 1. The van der Waals surface area contributed by atoms with E-state index in [1.165, 1.54) is 7.11 Å². The van der Waals surface area contributed by atoms with Crippen LogP contribution in [0, 0.1) is 29.7 Å². The number of esters is 1. The van der Waals surface area contributed by atoms with Crippen molar-refractivity contribution < 1.29 is 14.3 Å². The summed E-state index contributed by atoms with van der Waals surface area (Å²) in [5, 5.41) is 23.8. The second-order valence-electron chi connectivity index (χ2n) is 7.57. The number of carbonyl (C=O) groups excluding carboxylic acids is 1. The second kappa shape index (κ2) is 9.29. The van der Waals surface area contributed by atoms with Crippen LogP contribution in [-0.2, 0) is 0 Å². The van der Waals surface area contributed by atoms with Crippen molar-refractivity contribution in [1.82, 2.24) is 10.3 Å². The number of ether oxygens (including phenoxy) is 2. The van der Waals surface area contributed by atoms with E-state index in [2.05, 4.69) is 20.6 Å². The topological polar surface area (TPSA) is 184 Å². The summed E-state index contributed by atoms with van der Waals surface area (Å²) in [5.74, 6) is 0.270. The number of hydrogen-bond acceptors (Lipinski definition) is 11. The standard InChI is InChI=1S/C24H20N8O3/c1-12-4-3-5-14(8-12)23(33)35-16-7-6-13(9-17(16)34-2)20-18-19(27)15(10-25)21(28)31-22(18)32-24(30-20)29-11-26/h3-9,20H,1-2H3,(H6,27,28,29,30,31,32). The third kappa shape index (κ3) is 4.34. The summed E-state index contributed by atoms with van der Waals surface area (Å²) in [5.41, 5.74) is 14.6. The number of guanidine groups is 1. The fourth-order valence-electron chi connectivity index (χ4n) is 3.69. The van der Waals surface area contributed by atoms with Crippen LogP contribution in [0.15, 0.2) is 47.5 Å². The van der Waals surface area contributed by atoms with Crippen LogP contribution >= 0.6 is 0 Å². The molecule has 0 fully saturated rings. The number of hydrogen-bond donors (Lipinski definition) is 4. The van der Waals surface area contributed by atoms with Crippen LogP contribution in [0.25, 0.3) is 0 Å². The smallest absolute Gasteiger partial charge is 0.343 e. The molecular weight excluding hydrogens is 448 g/mol. The number of nitrogens with one attached hydrogen (secondary N) is 2. The van der Waals surface area contributed by atoms with Gasteiger partial charge in [0.05, 0.1) is 18.4 Å². The summed E-state index contributed by atoms with van der Waals surface area (Å²) in [6.07, 6.45) is 1.80. The molecule has 0 aliphatic carbocycles. The average molecular weight is 468 g/mol. The van der Waals surface area contributed by atoms with Gasteiger partial charge < -0.3 is 26.3 Å². The highest BCUT2D eigenvalue weighted by molar-refractivity contribution is 5.98. The maximum absolute atomic E-state index is 12.6. The third-order valence-electron chi connectivity index (χ3n) is 5.32. The van der Waals surface area contributed by atoms with E-state index in [4.69, 9.17) is 26.2 Å². The number of fused-ring (bicyclic) bond motifs is 1. The van der Waals surface area contributed by atoms with Gasteiger partial charge in [0, 0.05) is 5.56 Å². The van der Waals surface area contributed by atoms with Gasteiger partial charge >= 0.3 is 5.97 Å².